The van der Waals surface area contributed by atoms with Gasteiger partial charge < -0.3 is 16.0 Å². The van der Waals surface area contributed by atoms with Crippen LogP contribution in [-0.2, 0) is 14.6 Å². The van der Waals surface area contributed by atoms with Crippen molar-refractivity contribution in [3.8, 4) is 0 Å². The molecule has 2 aliphatic rings. The highest BCUT2D eigenvalue weighted by molar-refractivity contribution is 7.91. The zero-order valence-electron chi connectivity index (χ0n) is 19.0. The summed E-state index contributed by atoms with van der Waals surface area (Å²) in [6.07, 6.45) is 5.98. The Labute approximate surface area is 182 Å². The molecule has 2 saturated heterocycles. The lowest BCUT2D eigenvalue weighted by Crippen LogP contribution is -2.44. The third-order valence-electron chi connectivity index (χ3n) is 5.90. The Morgan fingerprint density at radius 1 is 1.13 bits per heavy atom. The number of hydrogen-bond donors (Lipinski definition) is 3. The van der Waals surface area contributed by atoms with E-state index in [-0.39, 0.29) is 23.5 Å². The first kappa shape index (κ1) is 24.9. The van der Waals surface area contributed by atoms with Gasteiger partial charge in [0.15, 0.2) is 15.8 Å². The first-order valence-corrected chi connectivity index (χ1v) is 13.4. The fraction of sp³-hybridized carbons (Fsp3) is 0.905. The van der Waals surface area contributed by atoms with Crippen molar-refractivity contribution >= 4 is 21.7 Å². The number of amides is 1. The summed E-state index contributed by atoms with van der Waals surface area (Å²) < 4.78 is 23.0. The van der Waals surface area contributed by atoms with Gasteiger partial charge in [0.05, 0.1) is 18.1 Å². The number of rotatable bonds is 9. The van der Waals surface area contributed by atoms with Gasteiger partial charge in [0, 0.05) is 31.6 Å². The van der Waals surface area contributed by atoms with Crippen molar-refractivity contribution in [3.63, 3.8) is 0 Å². The summed E-state index contributed by atoms with van der Waals surface area (Å²) >= 11 is 0. The lowest BCUT2D eigenvalue weighted by Gasteiger charge is -2.32. The minimum absolute atomic E-state index is 0.0589. The fourth-order valence-corrected chi connectivity index (χ4v) is 5.88. The van der Waals surface area contributed by atoms with E-state index in [0.717, 1.165) is 32.1 Å². The molecule has 30 heavy (non-hydrogen) atoms. The molecule has 0 saturated carbocycles. The molecule has 3 N–H and O–H groups in total. The lowest BCUT2D eigenvalue weighted by atomic mass is 10.0. The smallest absolute Gasteiger partial charge is 0.222 e. The van der Waals surface area contributed by atoms with Crippen LogP contribution in [0.15, 0.2) is 4.99 Å². The van der Waals surface area contributed by atoms with E-state index in [9.17, 15) is 13.2 Å². The molecule has 0 bridgehead atoms. The van der Waals surface area contributed by atoms with Crippen molar-refractivity contribution in [2.24, 2.45) is 10.9 Å². The van der Waals surface area contributed by atoms with Crippen molar-refractivity contribution in [3.05, 3.63) is 0 Å². The standard InChI is InChI=1S/C21H41N5O3S/c1-4-22-21(23-11-9-20(27)25-18-10-14-30(28,29)16-18)24-15-19(17(2)3)26-12-7-5-6-8-13-26/h17-19H,4-16H2,1-3H3,(H,25,27)(H2,22,23,24). The fourth-order valence-electron chi connectivity index (χ4n) is 4.20. The SMILES string of the molecule is CCNC(=NCC(C(C)C)N1CCCCCC1)NCCC(=O)NC1CCS(=O)(=O)C1. The minimum Gasteiger partial charge on any atom is -0.357 e. The third-order valence-corrected chi connectivity index (χ3v) is 7.67. The van der Waals surface area contributed by atoms with Crippen LogP contribution in [0.5, 0.6) is 0 Å². The van der Waals surface area contributed by atoms with E-state index in [4.69, 9.17) is 4.99 Å². The van der Waals surface area contributed by atoms with Gasteiger partial charge in [0.1, 0.15) is 0 Å². The highest BCUT2D eigenvalue weighted by Crippen LogP contribution is 2.17. The van der Waals surface area contributed by atoms with Crippen LogP contribution in [0.3, 0.4) is 0 Å². The molecule has 2 fully saturated rings. The van der Waals surface area contributed by atoms with Gasteiger partial charge in [-0.3, -0.25) is 14.7 Å². The summed E-state index contributed by atoms with van der Waals surface area (Å²) in [6.45, 7) is 10.8. The van der Waals surface area contributed by atoms with E-state index in [1.54, 1.807) is 0 Å². The van der Waals surface area contributed by atoms with Gasteiger partial charge in [-0.1, -0.05) is 26.7 Å². The number of nitrogens with one attached hydrogen (secondary N) is 3. The molecule has 2 heterocycles. The minimum atomic E-state index is -2.98. The summed E-state index contributed by atoms with van der Waals surface area (Å²) in [7, 11) is -2.98. The van der Waals surface area contributed by atoms with Crippen LogP contribution in [0.25, 0.3) is 0 Å². The normalized spacial score (nSPS) is 23.7. The van der Waals surface area contributed by atoms with Crippen LogP contribution in [0, 0.1) is 5.92 Å². The zero-order chi connectivity index (χ0) is 22.0. The lowest BCUT2D eigenvalue weighted by molar-refractivity contribution is -0.121. The second-order valence-electron chi connectivity index (χ2n) is 8.83. The number of nitrogens with zero attached hydrogens (tertiary/aromatic N) is 2. The molecule has 2 rings (SSSR count). The summed E-state index contributed by atoms with van der Waals surface area (Å²) in [6, 6.07) is 0.177. The Hall–Kier alpha value is -1.35. The third kappa shape index (κ3) is 8.79. The molecule has 2 atom stereocenters. The molecule has 174 valence electrons. The molecule has 8 nitrogen and oxygen atoms in total. The molecule has 0 aromatic heterocycles. The maximum absolute atomic E-state index is 12.1. The summed E-state index contributed by atoms with van der Waals surface area (Å²) in [5.74, 6) is 1.37. The van der Waals surface area contributed by atoms with E-state index in [2.05, 4.69) is 34.7 Å². The first-order chi connectivity index (χ1) is 14.3. The molecule has 0 aliphatic carbocycles. The topological polar surface area (TPSA) is 103 Å². The number of sulfone groups is 1. The zero-order valence-corrected chi connectivity index (χ0v) is 19.8. The molecule has 2 aliphatic heterocycles. The van der Waals surface area contributed by atoms with E-state index in [0.29, 0.717) is 31.3 Å². The summed E-state index contributed by atoms with van der Waals surface area (Å²) in [5, 5.41) is 9.33. The molecular weight excluding hydrogens is 402 g/mol. The maximum Gasteiger partial charge on any atom is 0.222 e. The van der Waals surface area contributed by atoms with E-state index >= 15 is 0 Å². The number of aliphatic imine (C=N–C) groups is 1. The molecular formula is C21H41N5O3S. The van der Waals surface area contributed by atoms with E-state index in [1.165, 1.54) is 25.7 Å². The molecule has 9 heteroatoms. The molecule has 1 amide bonds. The van der Waals surface area contributed by atoms with Crippen molar-refractivity contribution in [2.75, 3.05) is 44.2 Å². The van der Waals surface area contributed by atoms with Crippen LogP contribution in [0.4, 0.5) is 0 Å². The maximum atomic E-state index is 12.1. The quantitative estimate of drug-likeness (QED) is 0.365. The van der Waals surface area contributed by atoms with Crippen LogP contribution in [-0.4, -0.2) is 81.5 Å². The highest BCUT2D eigenvalue weighted by Gasteiger charge is 2.28. The number of carbonyl (C=O) groups is 1. The predicted molar refractivity (Wildman–Crippen MR) is 122 cm³/mol. The van der Waals surface area contributed by atoms with Gasteiger partial charge >= 0.3 is 0 Å². The average Bonchev–Trinajstić information content (AvgIpc) is 2.85. The summed E-state index contributed by atoms with van der Waals surface area (Å²) in [4.78, 5) is 19.5. The monoisotopic (exact) mass is 443 g/mol. The van der Waals surface area contributed by atoms with Gasteiger partial charge in [-0.2, -0.15) is 0 Å². The average molecular weight is 444 g/mol. The second kappa shape index (κ2) is 12.5. The van der Waals surface area contributed by atoms with Gasteiger partial charge in [0.2, 0.25) is 5.91 Å². The Kier molecular flexibility index (Phi) is 10.4. The predicted octanol–water partition coefficient (Wildman–Crippen LogP) is 1.14. The highest BCUT2D eigenvalue weighted by atomic mass is 32.2. The van der Waals surface area contributed by atoms with Crippen molar-refractivity contribution in [1.82, 2.24) is 20.9 Å². The number of guanidine groups is 1. The Balaban J connectivity index is 1.81. The van der Waals surface area contributed by atoms with Crippen molar-refractivity contribution in [2.45, 2.75) is 71.4 Å². The Morgan fingerprint density at radius 2 is 1.83 bits per heavy atom. The number of likely N-dealkylation sites (tertiary alicyclic amines) is 1. The van der Waals surface area contributed by atoms with Crippen LogP contribution >= 0.6 is 0 Å². The van der Waals surface area contributed by atoms with Crippen LogP contribution < -0.4 is 16.0 Å². The van der Waals surface area contributed by atoms with E-state index < -0.39 is 9.84 Å². The van der Waals surface area contributed by atoms with E-state index in [1.807, 2.05) is 6.92 Å². The van der Waals surface area contributed by atoms with Gasteiger partial charge in [-0.15, -0.1) is 0 Å². The molecule has 2 unspecified atom stereocenters. The Morgan fingerprint density at radius 3 is 2.40 bits per heavy atom. The second-order valence-corrected chi connectivity index (χ2v) is 11.1. The van der Waals surface area contributed by atoms with Crippen molar-refractivity contribution < 1.29 is 13.2 Å². The van der Waals surface area contributed by atoms with Gasteiger partial charge in [0.25, 0.3) is 0 Å². The van der Waals surface area contributed by atoms with Gasteiger partial charge in [-0.25, -0.2) is 8.42 Å². The number of carbonyl (C=O) groups excluding carboxylic acids is 1. The molecule has 0 spiro atoms. The van der Waals surface area contributed by atoms with Crippen molar-refractivity contribution in [1.29, 1.82) is 0 Å². The van der Waals surface area contributed by atoms with Crippen LogP contribution in [0.1, 0.15) is 59.3 Å². The Bertz CT molecular complexity index is 658. The first-order valence-electron chi connectivity index (χ1n) is 11.6. The van der Waals surface area contributed by atoms with Gasteiger partial charge in [-0.05, 0) is 45.2 Å². The molecule has 0 radical (unpaired) electrons. The van der Waals surface area contributed by atoms with Crippen LogP contribution in [0.2, 0.25) is 0 Å². The molecule has 0 aromatic rings. The summed E-state index contributed by atoms with van der Waals surface area (Å²) in [5.41, 5.74) is 0. The molecule has 0 aromatic carbocycles. The largest absolute Gasteiger partial charge is 0.357 e. The number of hydrogen-bond acceptors (Lipinski definition) is 5.